The van der Waals surface area contributed by atoms with Gasteiger partial charge in [0, 0.05) is 49.5 Å². The number of aromatic nitrogens is 4. The van der Waals surface area contributed by atoms with Crippen LogP contribution in [0.1, 0.15) is 31.4 Å². The Balaban J connectivity index is 1.35. The van der Waals surface area contributed by atoms with Gasteiger partial charge in [-0.05, 0) is 37.5 Å². The first kappa shape index (κ1) is 18.2. The Morgan fingerprint density at radius 1 is 1.18 bits per heavy atom. The topological polar surface area (TPSA) is 75.9 Å². The normalized spacial score (nSPS) is 16.0. The van der Waals surface area contributed by atoms with Crippen molar-refractivity contribution >= 4 is 11.7 Å². The van der Waals surface area contributed by atoms with Crippen LogP contribution < -0.4 is 10.2 Å². The van der Waals surface area contributed by atoms with E-state index in [4.69, 9.17) is 0 Å². The van der Waals surface area contributed by atoms with Crippen LogP contribution in [0.4, 0.5) is 5.82 Å². The van der Waals surface area contributed by atoms with Crippen LogP contribution >= 0.6 is 0 Å². The highest BCUT2D eigenvalue weighted by molar-refractivity contribution is 5.79. The van der Waals surface area contributed by atoms with E-state index in [0.29, 0.717) is 0 Å². The molecule has 3 aromatic rings. The summed E-state index contributed by atoms with van der Waals surface area (Å²) in [7, 11) is 0. The first-order valence-electron chi connectivity index (χ1n) is 9.60. The smallest absolute Gasteiger partial charge is 0.223 e. The zero-order valence-electron chi connectivity index (χ0n) is 15.9. The molecule has 0 radical (unpaired) electrons. The summed E-state index contributed by atoms with van der Waals surface area (Å²) in [6.07, 6.45) is 12.2. The number of carbonyl (C=O) groups excluding carboxylic acids is 1. The van der Waals surface area contributed by atoms with E-state index >= 15 is 0 Å². The molecule has 1 unspecified atom stereocenters. The van der Waals surface area contributed by atoms with Gasteiger partial charge < -0.3 is 14.8 Å². The summed E-state index contributed by atoms with van der Waals surface area (Å²) in [5.74, 6) is 1.04. The third kappa shape index (κ3) is 4.03. The van der Waals surface area contributed by atoms with Gasteiger partial charge in [-0.2, -0.15) is 0 Å². The van der Waals surface area contributed by atoms with Crippen LogP contribution in [0.15, 0.2) is 61.6 Å². The van der Waals surface area contributed by atoms with Gasteiger partial charge in [0.25, 0.3) is 0 Å². The lowest BCUT2D eigenvalue weighted by molar-refractivity contribution is -0.126. The number of imidazole rings is 1. The second-order valence-electron chi connectivity index (χ2n) is 7.12. The van der Waals surface area contributed by atoms with Gasteiger partial charge in [-0.25, -0.2) is 9.97 Å². The summed E-state index contributed by atoms with van der Waals surface area (Å²) in [5, 5.41) is 3.18. The van der Waals surface area contributed by atoms with E-state index in [-0.39, 0.29) is 17.9 Å². The quantitative estimate of drug-likeness (QED) is 0.741. The number of rotatable bonds is 5. The largest absolute Gasteiger partial charge is 0.355 e. The van der Waals surface area contributed by atoms with Crippen molar-refractivity contribution in [2.75, 3.05) is 18.0 Å². The van der Waals surface area contributed by atoms with Crippen LogP contribution in [0.2, 0.25) is 0 Å². The summed E-state index contributed by atoms with van der Waals surface area (Å²) in [4.78, 5) is 27.5. The second-order valence-corrected chi connectivity index (χ2v) is 7.12. The number of nitrogens with one attached hydrogen (secondary N) is 1. The third-order valence-electron chi connectivity index (χ3n) is 5.27. The lowest BCUT2D eigenvalue weighted by Crippen LogP contribution is -2.41. The van der Waals surface area contributed by atoms with E-state index in [0.717, 1.165) is 43.0 Å². The van der Waals surface area contributed by atoms with E-state index in [1.54, 1.807) is 31.1 Å². The fraction of sp³-hybridized carbons (Fsp3) is 0.333. The van der Waals surface area contributed by atoms with Crippen molar-refractivity contribution in [3.05, 3.63) is 67.1 Å². The highest BCUT2D eigenvalue weighted by atomic mass is 16.1. The van der Waals surface area contributed by atoms with Gasteiger partial charge >= 0.3 is 0 Å². The van der Waals surface area contributed by atoms with Crippen LogP contribution in [0, 0.1) is 5.92 Å². The zero-order chi connectivity index (χ0) is 19.3. The number of hydrogen-bond donors (Lipinski definition) is 1. The Bertz CT molecular complexity index is 904. The molecule has 0 aliphatic carbocycles. The third-order valence-corrected chi connectivity index (χ3v) is 5.27. The number of hydrogen-bond acceptors (Lipinski definition) is 5. The average Bonchev–Trinajstić information content (AvgIpc) is 3.29. The fourth-order valence-corrected chi connectivity index (χ4v) is 3.61. The highest BCUT2D eigenvalue weighted by Crippen LogP contribution is 2.23. The first-order valence-corrected chi connectivity index (χ1v) is 9.60. The van der Waals surface area contributed by atoms with E-state index in [2.05, 4.69) is 31.2 Å². The van der Waals surface area contributed by atoms with Gasteiger partial charge in [0.15, 0.2) is 0 Å². The molecule has 144 valence electrons. The van der Waals surface area contributed by atoms with E-state index < -0.39 is 0 Å². The molecule has 7 heteroatoms. The lowest BCUT2D eigenvalue weighted by atomic mass is 9.95. The van der Waals surface area contributed by atoms with Crippen LogP contribution in [0.5, 0.6) is 0 Å². The van der Waals surface area contributed by atoms with Crippen molar-refractivity contribution in [3.63, 3.8) is 0 Å². The minimum Gasteiger partial charge on any atom is -0.355 e. The fourth-order valence-electron chi connectivity index (χ4n) is 3.61. The van der Waals surface area contributed by atoms with Crippen molar-refractivity contribution in [1.29, 1.82) is 0 Å². The van der Waals surface area contributed by atoms with Crippen LogP contribution in [0.25, 0.3) is 5.69 Å². The van der Waals surface area contributed by atoms with E-state index in [9.17, 15) is 4.79 Å². The standard InChI is InChI=1S/C21H24N6O/c1-16(18-3-2-4-19(13-18)27-12-9-23-15-27)25-21(28)17-5-10-26(11-6-17)20-14-22-7-8-24-20/h2-4,7-9,12-17H,5-6,10-11H2,1H3,(H,25,28). The minimum absolute atomic E-state index is 0.0344. The van der Waals surface area contributed by atoms with Crippen LogP contribution in [-0.2, 0) is 4.79 Å². The minimum atomic E-state index is -0.0472. The maximum Gasteiger partial charge on any atom is 0.223 e. The maximum atomic E-state index is 12.8. The van der Waals surface area contributed by atoms with Gasteiger partial charge in [0.2, 0.25) is 5.91 Å². The number of nitrogens with zero attached hydrogens (tertiary/aromatic N) is 5. The Labute approximate surface area is 164 Å². The molecule has 1 atom stereocenters. The molecule has 1 amide bonds. The Morgan fingerprint density at radius 3 is 2.75 bits per heavy atom. The van der Waals surface area contributed by atoms with Crippen molar-refractivity contribution in [1.82, 2.24) is 24.8 Å². The Morgan fingerprint density at radius 2 is 2.04 bits per heavy atom. The molecule has 0 spiro atoms. The second kappa shape index (κ2) is 8.21. The van der Waals surface area contributed by atoms with Crippen LogP contribution in [0.3, 0.4) is 0 Å². The lowest BCUT2D eigenvalue weighted by Gasteiger charge is -2.32. The molecule has 0 saturated carbocycles. The highest BCUT2D eigenvalue weighted by Gasteiger charge is 2.26. The SMILES string of the molecule is CC(NC(=O)C1CCN(c2cnccn2)CC1)c1cccc(-n2ccnc2)c1. The van der Waals surface area contributed by atoms with Gasteiger partial charge in [0.05, 0.1) is 18.6 Å². The molecule has 3 heterocycles. The summed E-state index contributed by atoms with van der Waals surface area (Å²) in [6.45, 7) is 3.67. The summed E-state index contributed by atoms with van der Waals surface area (Å²) >= 11 is 0. The van der Waals surface area contributed by atoms with Gasteiger partial charge in [0.1, 0.15) is 5.82 Å². The molecular weight excluding hydrogens is 352 g/mol. The van der Waals surface area contributed by atoms with Crippen molar-refractivity contribution in [3.8, 4) is 5.69 Å². The molecule has 1 aromatic carbocycles. The summed E-state index contributed by atoms with van der Waals surface area (Å²) in [6, 6.07) is 8.12. The average molecular weight is 376 g/mol. The zero-order valence-corrected chi connectivity index (χ0v) is 15.9. The van der Waals surface area contributed by atoms with Gasteiger partial charge in [-0.1, -0.05) is 12.1 Å². The number of amides is 1. The molecule has 1 fully saturated rings. The molecule has 2 aromatic heterocycles. The summed E-state index contributed by atoms with van der Waals surface area (Å²) < 4.78 is 1.96. The van der Waals surface area contributed by atoms with Gasteiger partial charge in [-0.3, -0.25) is 9.78 Å². The van der Waals surface area contributed by atoms with Crippen molar-refractivity contribution < 1.29 is 4.79 Å². The summed E-state index contributed by atoms with van der Waals surface area (Å²) in [5.41, 5.74) is 2.12. The molecule has 1 saturated heterocycles. The van der Waals surface area contributed by atoms with Crippen molar-refractivity contribution in [2.24, 2.45) is 5.92 Å². The monoisotopic (exact) mass is 376 g/mol. The molecule has 4 rings (SSSR count). The van der Waals surface area contributed by atoms with Crippen LogP contribution in [-0.4, -0.2) is 38.5 Å². The van der Waals surface area contributed by atoms with Crippen molar-refractivity contribution in [2.45, 2.75) is 25.8 Å². The Kier molecular flexibility index (Phi) is 5.32. The first-order chi connectivity index (χ1) is 13.7. The molecule has 1 aliphatic rings. The van der Waals surface area contributed by atoms with E-state index in [1.165, 1.54) is 0 Å². The molecule has 1 aliphatic heterocycles. The predicted molar refractivity (Wildman–Crippen MR) is 107 cm³/mol. The molecule has 1 N–H and O–H groups in total. The number of anilines is 1. The maximum absolute atomic E-state index is 12.8. The number of piperidine rings is 1. The van der Waals surface area contributed by atoms with Gasteiger partial charge in [-0.15, -0.1) is 0 Å². The molecule has 0 bridgehead atoms. The van der Waals surface area contributed by atoms with E-state index in [1.807, 2.05) is 35.9 Å². The molecule has 7 nitrogen and oxygen atoms in total. The predicted octanol–water partition coefficient (Wildman–Crippen LogP) is 2.76. The number of carbonyl (C=O) groups is 1. The Hall–Kier alpha value is -3.22. The molecular formula is C21H24N6O. The molecule has 28 heavy (non-hydrogen) atoms. The number of benzene rings is 1.